The van der Waals surface area contributed by atoms with Gasteiger partial charge in [-0.2, -0.15) is 0 Å². The maximum Gasteiger partial charge on any atom is 0.335 e. The van der Waals surface area contributed by atoms with Crippen molar-refractivity contribution in [2.45, 2.75) is 12.8 Å². The SMILES string of the molecule is COC(=O)CCCNc1cc(C(=O)O)ccc1F. The third-order valence-corrected chi connectivity index (χ3v) is 2.31. The van der Waals surface area contributed by atoms with Crippen LogP contribution in [0.4, 0.5) is 10.1 Å². The number of esters is 1. The van der Waals surface area contributed by atoms with Gasteiger partial charge in [-0.3, -0.25) is 4.79 Å². The first kappa shape index (κ1) is 14.0. The van der Waals surface area contributed by atoms with Crippen molar-refractivity contribution < 1.29 is 23.8 Å². The Balaban J connectivity index is 2.53. The van der Waals surface area contributed by atoms with Crippen molar-refractivity contribution in [2.75, 3.05) is 19.0 Å². The zero-order valence-electron chi connectivity index (χ0n) is 9.90. The highest BCUT2D eigenvalue weighted by molar-refractivity contribution is 5.88. The summed E-state index contributed by atoms with van der Waals surface area (Å²) < 4.78 is 17.8. The highest BCUT2D eigenvalue weighted by Crippen LogP contribution is 2.16. The highest BCUT2D eigenvalue weighted by Gasteiger charge is 2.08. The topological polar surface area (TPSA) is 75.6 Å². The van der Waals surface area contributed by atoms with Gasteiger partial charge in [0.2, 0.25) is 0 Å². The van der Waals surface area contributed by atoms with Gasteiger partial charge in [-0.15, -0.1) is 0 Å². The first-order valence-electron chi connectivity index (χ1n) is 5.38. The molecular weight excluding hydrogens is 241 g/mol. The number of carboxylic acid groups (broad SMARTS) is 1. The van der Waals surface area contributed by atoms with Crippen LogP contribution in [-0.2, 0) is 9.53 Å². The van der Waals surface area contributed by atoms with Gasteiger partial charge in [0.05, 0.1) is 18.4 Å². The average molecular weight is 255 g/mol. The summed E-state index contributed by atoms with van der Waals surface area (Å²) in [6.07, 6.45) is 0.702. The fraction of sp³-hybridized carbons (Fsp3) is 0.333. The van der Waals surface area contributed by atoms with Crippen LogP contribution in [0.3, 0.4) is 0 Å². The quantitative estimate of drug-likeness (QED) is 0.599. The molecular formula is C12H14FNO4. The van der Waals surface area contributed by atoms with Crippen LogP contribution in [0.25, 0.3) is 0 Å². The van der Waals surface area contributed by atoms with Crippen LogP contribution in [0.15, 0.2) is 18.2 Å². The van der Waals surface area contributed by atoms with Gasteiger partial charge in [0, 0.05) is 13.0 Å². The predicted octanol–water partition coefficient (Wildman–Crippen LogP) is 1.89. The van der Waals surface area contributed by atoms with E-state index in [4.69, 9.17) is 5.11 Å². The summed E-state index contributed by atoms with van der Waals surface area (Å²) in [5, 5.41) is 11.5. The van der Waals surface area contributed by atoms with Gasteiger partial charge in [-0.05, 0) is 24.6 Å². The number of aromatic carboxylic acids is 1. The standard InChI is InChI=1S/C12H14FNO4/c1-18-11(15)3-2-6-14-10-7-8(12(16)17)4-5-9(10)13/h4-5,7,14H,2-3,6H2,1H3,(H,16,17). The first-order valence-corrected chi connectivity index (χ1v) is 5.38. The van der Waals surface area contributed by atoms with E-state index < -0.39 is 11.8 Å². The van der Waals surface area contributed by atoms with Gasteiger partial charge in [-0.1, -0.05) is 0 Å². The average Bonchev–Trinajstić information content (AvgIpc) is 2.35. The van der Waals surface area contributed by atoms with Crippen LogP contribution in [0.5, 0.6) is 0 Å². The molecule has 0 heterocycles. The van der Waals surface area contributed by atoms with Crippen molar-refractivity contribution in [1.29, 1.82) is 0 Å². The molecule has 0 fully saturated rings. The second kappa shape index (κ2) is 6.58. The van der Waals surface area contributed by atoms with E-state index in [0.717, 1.165) is 6.07 Å². The number of halogens is 1. The second-order valence-electron chi connectivity index (χ2n) is 3.61. The van der Waals surface area contributed by atoms with Crippen LogP contribution in [-0.4, -0.2) is 30.7 Å². The van der Waals surface area contributed by atoms with Gasteiger partial charge in [-0.25, -0.2) is 9.18 Å². The summed E-state index contributed by atoms with van der Waals surface area (Å²) in [4.78, 5) is 21.5. The number of ether oxygens (including phenoxy) is 1. The maximum atomic E-state index is 13.3. The Kier molecular flexibility index (Phi) is 5.10. The number of benzene rings is 1. The molecule has 0 aliphatic carbocycles. The van der Waals surface area contributed by atoms with Crippen molar-refractivity contribution in [3.05, 3.63) is 29.6 Å². The molecule has 0 spiro atoms. The molecule has 98 valence electrons. The zero-order valence-corrected chi connectivity index (χ0v) is 9.90. The van der Waals surface area contributed by atoms with Crippen LogP contribution < -0.4 is 5.32 Å². The molecule has 0 saturated carbocycles. The van der Waals surface area contributed by atoms with Gasteiger partial charge in [0.1, 0.15) is 5.82 Å². The molecule has 6 heteroatoms. The van der Waals surface area contributed by atoms with Crippen molar-refractivity contribution in [3.8, 4) is 0 Å². The fourth-order valence-electron chi connectivity index (χ4n) is 1.35. The molecule has 0 bridgehead atoms. The van der Waals surface area contributed by atoms with Gasteiger partial charge in [0.15, 0.2) is 0 Å². The fourth-order valence-corrected chi connectivity index (χ4v) is 1.35. The number of rotatable bonds is 6. The lowest BCUT2D eigenvalue weighted by molar-refractivity contribution is -0.140. The minimum atomic E-state index is -1.12. The van der Waals surface area contributed by atoms with E-state index in [1.165, 1.54) is 19.2 Å². The summed E-state index contributed by atoms with van der Waals surface area (Å²) in [5.74, 6) is -1.98. The Labute approximate surface area is 104 Å². The number of hydrogen-bond donors (Lipinski definition) is 2. The van der Waals surface area contributed by atoms with Crippen molar-refractivity contribution >= 4 is 17.6 Å². The smallest absolute Gasteiger partial charge is 0.335 e. The Hall–Kier alpha value is -2.11. The number of carboxylic acids is 1. The van der Waals surface area contributed by atoms with Crippen molar-refractivity contribution in [1.82, 2.24) is 0 Å². The van der Waals surface area contributed by atoms with Gasteiger partial charge in [0.25, 0.3) is 0 Å². The Morgan fingerprint density at radius 1 is 1.44 bits per heavy atom. The summed E-state index contributed by atoms with van der Waals surface area (Å²) in [6.45, 7) is 0.356. The first-order chi connectivity index (χ1) is 8.54. The van der Waals surface area contributed by atoms with Crippen molar-refractivity contribution in [2.24, 2.45) is 0 Å². The molecule has 0 atom stereocenters. The lowest BCUT2D eigenvalue weighted by atomic mass is 10.2. The van der Waals surface area contributed by atoms with E-state index in [0.29, 0.717) is 13.0 Å². The largest absolute Gasteiger partial charge is 0.478 e. The summed E-state index contributed by atoms with van der Waals surface area (Å²) in [5.41, 5.74) is 0.117. The minimum Gasteiger partial charge on any atom is -0.478 e. The molecule has 0 aromatic heterocycles. The number of carbonyl (C=O) groups excluding carboxylic acids is 1. The molecule has 18 heavy (non-hydrogen) atoms. The molecule has 2 N–H and O–H groups in total. The van der Waals surface area contributed by atoms with Crippen LogP contribution in [0.2, 0.25) is 0 Å². The third kappa shape index (κ3) is 4.04. The molecule has 5 nitrogen and oxygen atoms in total. The lowest BCUT2D eigenvalue weighted by Gasteiger charge is -2.08. The van der Waals surface area contributed by atoms with Crippen LogP contribution in [0.1, 0.15) is 23.2 Å². The molecule has 0 aliphatic heterocycles. The maximum absolute atomic E-state index is 13.3. The predicted molar refractivity (Wildman–Crippen MR) is 63.1 cm³/mol. The number of nitrogens with one attached hydrogen (secondary N) is 1. The summed E-state index contributed by atoms with van der Waals surface area (Å²) in [7, 11) is 1.30. The molecule has 0 saturated heterocycles. The number of anilines is 1. The molecule has 0 unspecified atom stereocenters. The minimum absolute atomic E-state index is 0.00636. The normalized spacial score (nSPS) is 9.89. The van der Waals surface area contributed by atoms with Crippen molar-refractivity contribution in [3.63, 3.8) is 0 Å². The zero-order chi connectivity index (χ0) is 13.5. The van der Waals surface area contributed by atoms with E-state index in [9.17, 15) is 14.0 Å². The number of hydrogen-bond acceptors (Lipinski definition) is 4. The molecule has 1 aromatic carbocycles. The van der Waals surface area contributed by atoms with Gasteiger partial charge >= 0.3 is 11.9 Å². The number of methoxy groups -OCH3 is 1. The Bertz CT molecular complexity index is 448. The molecule has 0 radical (unpaired) electrons. The monoisotopic (exact) mass is 255 g/mol. The van der Waals surface area contributed by atoms with Crippen LogP contribution in [0, 0.1) is 5.82 Å². The van der Waals surface area contributed by atoms with E-state index in [-0.39, 0.29) is 23.6 Å². The molecule has 1 aromatic rings. The molecule has 0 aliphatic rings. The van der Waals surface area contributed by atoms with E-state index in [2.05, 4.69) is 10.1 Å². The van der Waals surface area contributed by atoms with Crippen LogP contribution >= 0.6 is 0 Å². The summed E-state index contributed by atoms with van der Waals surface area (Å²) >= 11 is 0. The summed E-state index contributed by atoms with van der Waals surface area (Å²) in [6, 6.07) is 3.50. The second-order valence-corrected chi connectivity index (χ2v) is 3.61. The number of carbonyl (C=O) groups is 2. The van der Waals surface area contributed by atoms with E-state index >= 15 is 0 Å². The third-order valence-electron chi connectivity index (χ3n) is 2.31. The van der Waals surface area contributed by atoms with E-state index in [1.54, 1.807) is 0 Å². The Morgan fingerprint density at radius 3 is 2.78 bits per heavy atom. The van der Waals surface area contributed by atoms with E-state index in [1.807, 2.05) is 0 Å². The highest BCUT2D eigenvalue weighted by atomic mass is 19.1. The van der Waals surface area contributed by atoms with Gasteiger partial charge < -0.3 is 15.2 Å². The molecule has 1 rings (SSSR count). The Morgan fingerprint density at radius 2 is 2.17 bits per heavy atom. The lowest BCUT2D eigenvalue weighted by Crippen LogP contribution is -2.08. The molecule has 0 amide bonds.